The third kappa shape index (κ3) is 2.91. The molecule has 6 nitrogen and oxygen atoms in total. The Morgan fingerprint density at radius 1 is 0.897 bits per heavy atom. The summed E-state index contributed by atoms with van der Waals surface area (Å²) in [4.78, 5) is 4.57. The molecule has 0 aliphatic carbocycles. The summed E-state index contributed by atoms with van der Waals surface area (Å²) >= 11 is 0. The summed E-state index contributed by atoms with van der Waals surface area (Å²) in [6, 6.07) is 25.7. The molecule has 0 amide bonds. The third-order valence-electron chi connectivity index (χ3n) is 4.80. The molecule has 0 aliphatic rings. The molecule has 0 atom stereocenters. The summed E-state index contributed by atoms with van der Waals surface area (Å²) in [7, 11) is 1.62. The second-order valence-electron chi connectivity index (χ2n) is 6.58. The Kier molecular flexibility index (Phi) is 4.02. The number of aromatic nitrogens is 3. The summed E-state index contributed by atoms with van der Waals surface area (Å²) in [5, 5.41) is 4.77. The van der Waals surface area contributed by atoms with Crippen molar-refractivity contribution < 1.29 is 9.15 Å². The van der Waals surface area contributed by atoms with Crippen molar-refractivity contribution in [1.29, 1.82) is 0 Å². The predicted octanol–water partition coefficient (Wildman–Crippen LogP) is 4.94. The van der Waals surface area contributed by atoms with Gasteiger partial charge in [-0.3, -0.25) is 0 Å². The second-order valence-corrected chi connectivity index (χ2v) is 6.58. The largest absolute Gasteiger partial charge is 0.497 e. The summed E-state index contributed by atoms with van der Waals surface area (Å²) in [5.41, 5.74) is 11.4. The van der Waals surface area contributed by atoms with Crippen molar-refractivity contribution in [2.45, 2.75) is 0 Å². The van der Waals surface area contributed by atoms with Gasteiger partial charge in [0.1, 0.15) is 22.8 Å². The fourth-order valence-electron chi connectivity index (χ4n) is 3.38. The zero-order chi connectivity index (χ0) is 19.8. The molecule has 3 aromatic carbocycles. The van der Waals surface area contributed by atoms with Crippen molar-refractivity contribution in [3.63, 3.8) is 0 Å². The molecular formula is C23H18N4O2. The summed E-state index contributed by atoms with van der Waals surface area (Å²) in [6.07, 6.45) is 0. The normalized spacial score (nSPS) is 11.1. The quantitative estimate of drug-likeness (QED) is 0.476. The molecule has 5 aromatic rings. The van der Waals surface area contributed by atoms with Crippen LogP contribution in [0.25, 0.3) is 39.5 Å². The molecule has 0 aliphatic heterocycles. The van der Waals surface area contributed by atoms with Gasteiger partial charge in [-0.1, -0.05) is 60.7 Å². The Bertz CT molecular complexity index is 1290. The number of methoxy groups -OCH3 is 1. The Labute approximate surface area is 167 Å². The molecule has 2 N–H and O–H groups in total. The van der Waals surface area contributed by atoms with E-state index < -0.39 is 0 Å². The molecule has 2 heterocycles. The molecule has 0 saturated carbocycles. The first-order valence-corrected chi connectivity index (χ1v) is 9.19. The Balaban J connectivity index is 1.73. The van der Waals surface area contributed by atoms with Crippen molar-refractivity contribution >= 4 is 16.9 Å². The van der Waals surface area contributed by atoms with Crippen molar-refractivity contribution in [1.82, 2.24) is 14.8 Å². The topological polar surface area (TPSA) is 79.1 Å². The minimum Gasteiger partial charge on any atom is -0.497 e. The lowest BCUT2D eigenvalue weighted by Crippen LogP contribution is -2.02. The molecule has 2 aromatic heterocycles. The van der Waals surface area contributed by atoms with Gasteiger partial charge in [0, 0.05) is 11.6 Å². The van der Waals surface area contributed by atoms with E-state index in [1.54, 1.807) is 11.8 Å². The van der Waals surface area contributed by atoms with Gasteiger partial charge in [-0.15, -0.1) is 0 Å². The lowest BCUT2D eigenvalue weighted by atomic mass is 10.0. The number of ether oxygens (including phenoxy) is 1. The highest BCUT2D eigenvalue weighted by Gasteiger charge is 2.22. The lowest BCUT2D eigenvalue weighted by molar-refractivity contribution is 0.415. The van der Waals surface area contributed by atoms with Crippen molar-refractivity contribution in [2.75, 3.05) is 12.8 Å². The average Bonchev–Trinajstić information content (AvgIpc) is 3.35. The van der Waals surface area contributed by atoms with Crippen LogP contribution in [0.2, 0.25) is 0 Å². The van der Waals surface area contributed by atoms with Crippen LogP contribution in [0.4, 0.5) is 5.82 Å². The van der Waals surface area contributed by atoms with Gasteiger partial charge in [0.2, 0.25) is 0 Å². The van der Waals surface area contributed by atoms with Crippen molar-refractivity contribution in [2.24, 2.45) is 0 Å². The molecule has 29 heavy (non-hydrogen) atoms. The number of hydrogen-bond donors (Lipinski definition) is 1. The van der Waals surface area contributed by atoms with Gasteiger partial charge in [0.25, 0.3) is 0 Å². The number of nitrogens with two attached hydrogens (primary N) is 1. The second kappa shape index (κ2) is 6.83. The van der Waals surface area contributed by atoms with E-state index in [2.05, 4.69) is 4.98 Å². The summed E-state index contributed by atoms with van der Waals surface area (Å²) in [5.74, 6) is 1.18. The molecule has 6 heteroatoms. The van der Waals surface area contributed by atoms with Gasteiger partial charge in [0.15, 0.2) is 5.58 Å². The first kappa shape index (κ1) is 17.1. The molecule has 0 saturated heterocycles. The number of nitrogens with zero attached hydrogens (tertiary/aromatic N) is 3. The van der Waals surface area contributed by atoms with E-state index in [1.807, 2.05) is 78.9 Å². The van der Waals surface area contributed by atoms with E-state index in [1.165, 1.54) is 0 Å². The van der Waals surface area contributed by atoms with Gasteiger partial charge < -0.3 is 14.9 Å². The number of fused-ring (bicyclic) bond motifs is 1. The number of hydrogen-bond acceptors (Lipinski definition) is 5. The Morgan fingerprint density at radius 2 is 1.59 bits per heavy atom. The standard InChI is InChI=1S/C23H18N4O2/c1-28-17-12-13-19-18(14-17)25-23(29-19)27-22(24)20(15-8-4-2-5-9-15)21(26-27)16-10-6-3-7-11-16/h2-14H,24H2,1H3. The number of oxazole rings is 1. The zero-order valence-electron chi connectivity index (χ0n) is 15.7. The van der Waals surface area contributed by atoms with Gasteiger partial charge in [-0.2, -0.15) is 14.8 Å². The van der Waals surface area contributed by atoms with Crippen LogP contribution in [0.1, 0.15) is 0 Å². The molecule has 0 bridgehead atoms. The van der Waals surface area contributed by atoms with Crippen LogP contribution in [0.15, 0.2) is 83.3 Å². The predicted molar refractivity (Wildman–Crippen MR) is 113 cm³/mol. The number of nitrogen functional groups attached to an aromatic ring is 1. The highest BCUT2D eigenvalue weighted by molar-refractivity contribution is 5.88. The van der Waals surface area contributed by atoms with Crippen molar-refractivity contribution in [3.8, 4) is 34.1 Å². The maximum atomic E-state index is 6.56. The molecule has 0 radical (unpaired) electrons. The van der Waals surface area contributed by atoms with Crippen LogP contribution in [0.5, 0.6) is 5.75 Å². The smallest absolute Gasteiger partial charge is 0.325 e. The number of benzene rings is 3. The van der Waals surface area contributed by atoms with Gasteiger partial charge in [-0.25, -0.2) is 0 Å². The fourth-order valence-corrected chi connectivity index (χ4v) is 3.38. The van der Waals surface area contributed by atoms with Crippen LogP contribution >= 0.6 is 0 Å². The molecule has 142 valence electrons. The fraction of sp³-hybridized carbons (Fsp3) is 0.0435. The SMILES string of the molecule is COc1ccc2oc(-n3nc(-c4ccccc4)c(-c4ccccc4)c3N)nc2c1. The maximum Gasteiger partial charge on any atom is 0.325 e. The van der Waals surface area contributed by atoms with E-state index in [9.17, 15) is 0 Å². The van der Waals surface area contributed by atoms with Gasteiger partial charge in [0.05, 0.1) is 12.7 Å². The molecular weight excluding hydrogens is 364 g/mol. The third-order valence-corrected chi connectivity index (χ3v) is 4.80. The highest BCUT2D eigenvalue weighted by atomic mass is 16.5. The van der Waals surface area contributed by atoms with Crippen molar-refractivity contribution in [3.05, 3.63) is 78.9 Å². The van der Waals surface area contributed by atoms with E-state index in [-0.39, 0.29) is 0 Å². The van der Waals surface area contributed by atoms with Crippen LogP contribution < -0.4 is 10.5 Å². The van der Waals surface area contributed by atoms with E-state index >= 15 is 0 Å². The van der Waals surface area contributed by atoms with Crippen LogP contribution in [-0.2, 0) is 0 Å². The summed E-state index contributed by atoms with van der Waals surface area (Å²) < 4.78 is 12.8. The molecule has 5 rings (SSSR count). The zero-order valence-corrected chi connectivity index (χ0v) is 15.7. The van der Waals surface area contributed by atoms with Crippen LogP contribution in [-0.4, -0.2) is 21.9 Å². The minimum atomic E-state index is 0.310. The van der Waals surface area contributed by atoms with E-state index in [0.717, 1.165) is 22.4 Å². The first-order chi connectivity index (χ1) is 14.2. The first-order valence-electron chi connectivity index (χ1n) is 9.19. The van der Waals surface area contributed by atoms with E-state index in [4.69, 9.17) is 20.0 Å². The molecule has 0 unspecified atom stereocenters. The average molecular weight is 382 g/mol. The van der Waals surface area contributed by atoms with E-state index in [0.29, 0.717) is 28.7 Å². The maximum absolute atomic E-state index is 6.56. The Hall–Kier alpha value is -4.06. The monoisotopic (exact) mass is 382 g/mol. The minimum absolute atomic E-state index is 0.310. The number of rotatable bonds is 4. The van der Waals surface area contributed by atoms with Crippen LogP contribution in [0.3, 0.4) is 0 Å². The number of anilines is 1. The highest BCUT2D eigenvalue weighted by Crippen LogP contribution is 2.37. The lowest BCUT2D eigenvalue weighted by Gasteiger charge is -2.04. The van der Waals surface area contributed by atoms with Gasteiger partial charge >= 0.3 is 6.01 Å². The van der Waals surface area contributed by atoms with Crippen LogP contribution in [0, 0.1) is 0 Å². The summed E-state index contributed by atoms with van der Waals surface area (Å²) in [6.45, 7) is 0. The Morgan fingerprint density at radius 3 is 2.28 bits per heavy atom. The molecule has 0 spiro atoms. The molecule has 0 fully saturated rings. The van der Waals surface area contributed by atoms with Gasteiger partial charge in [-0.05, 0) is 17.7 Å².